The first kappa shape index (κ1) is 10.9. The number of rotatable bonds is 3. The molecule has 0 bridgehead atoms. The van der Waals surface area contributed by atoms with Crippen molar-refractivity contribution >= 4 is 23.2 Å². The van der Waals surface area contributed by atoms with Crippen LogP contribution in [0.3, 0.4) is 0 Å². The van der Waals surface area contributed by atoms with Crippen LogP contribution in [0.15, 0.2) is 19.0 Å². The van der Waals surface area contributed by atoms with Gasteiger partial charge in [-0.05, 0) is 6.92 Å². The SMILES string of the molecule is CCNc1c(-n2cncn2)c(Cl)nc2ncnn12. The van der Waals surface area contributed by atoms with Crippen molar-refractivity contribution in [3.8, 4) is 5.69 Å². The van der Waals surface area contributed by atoms with Crippen molar-refractivity contribution in [2.24, 2.45) is 0 Å². The van der Waals surface area contributed by atoms with Gasteiger partial charge in [0.15, 0.2) is 11.0 Å². The van der Waals surface area contributed by atoms with Crippen LogP contribution in [0.4, 0.5) is 5.82 Å². The van der Waals surface area contributed by atoms with Gasteiger partial charge in [0, 0.05) is 6.54 Å². The molecule has 0 aliphatic rings. The van der Waals surface area contributed by atoms with Gasteiger partial charge in [-0.25, -0.2) is 9.67 Å². The third-order valence-corrected chi connectivity index (χ3v) is 2.62. The minimum Gasteiger partial charge on any atom is -0.368 e. The molecule has 8 nitrogen and oxygen atoms in total. The van der Waals surface area contributed by atoms with Crippen molar-refractivity contribution in [1.82, 2.24) is 34.3 Å². The van der Waals surface area contributed by atoms with E-state index in [1.54, 1.807) is 10.8 Å². The molecule has 3 aromatic heterocycles. The van der Waals surface area contributed by atoms with Gasteiger partial charge < -0.3 is 5.32 Å². The third-order valence-electron chi connectivity index (χ3n) is 2.35. The Morgan fingerprint density at radius 3 is 2.94 bits per heavy atom. The van der Waals surface area contributed by atoms with Gasteiger partial charge in [-0.15, -0.1) is 0 Å². The van der Waals surface area contributed by atoms with Crippen molar-refractivity contribution in [2.75, 3.05) is 11.9 Å². The van der Waals surface area contributed by atoms with E-state index in [4.69, 9.17) is 11.6 Å². The Labute approximate surface area is 107 Å². The van der Waals surface area contributed by atoms with Gasteiger partial charge in [-0.2, -0.15) is 24.7 Å². The molecule has 0 aromatic carbocycles. The molecule has 3 rings (SSSR count). The molecule has 0 saturated heterocycles. The minimum absolute atomic E-state index is 0.289. The Morgan fingerprint density at radius 1 is 1.33 bits per heavy atom. The second-order valence-corrected chi connectivity index (χ2v) is 3.80. The number of hydrogen-bond donors (Lipinski definition) is 1. The molecule has 3 aromatic rings. The van der Waals surface area contributed by atoms with Gasteiger partial charge in [-0.1, -0.05) is 11.6 Å². The fourth-order valence-electron chi connectivity index (χ4n) is 1.66. The highest BCUT2D eigenvalue weighted by Crippen LogP contribution is 2.26. The molecule has 0 spiro atoms. The molecule has 0 aliphatic carbocycles. The van der Waals surface area contributed by atoms with Crippen LogP contribution in [0.2, 0.25) is 5.15 Å². The van der Waals surface area contributed by atoms with Crippen molar-refractivity contribution < 1.29 is 0 Å². The Bertz CT molecular complexity index is 673. The molecule has 0 unspecified atom stereocenters. The summed E-state index contributed by atoms with van der Waals surface area (Å²) in [5, 5.41) is 11.6. The van der Waals surface area contributed by atoms with E-state index in [0.717, 1.165) is 0 Å². The standard InChI is InChI=1S/C9H9ClN8/c1-2-12-8-6(17-5-11-3-14-17)7(10)16-9-13-4-15-18(8)9/h3-5,12H,2H2,1H3. The summed E-state index contributed by atoms with van der Waals surface area (Å²) in [4.78, 5) is 12.1. The predicted octanol–water partition coefficient (Wildman–Crippen LogP) is 0.790. The van der Waals surface area contributed by atoms with E-state index in [0.29, 0.717) is 23.8 Å². The number of halogens is 1. The molecule has 18 heavy (non-hydrogen) atoms. The molecule has 0 atom stereocenters. The van der Waals surface area contributed by atoms with Gasteiger partial charge in [0.1, 0.15) is 24.7 Å². The van der Waals surface area contributed by atoms with Gasteiger partial charge in [0.25, 0.3) is 5.78 Å². The molecule has 9 heteroatoms. The molecule has 0 radical (unpaired) electrons. The van der Waals surface area contributed by atoms with Crippen LogP contribution in [0.1, 0.15) is 6.92 Å². The van der Waals surface area contributed by atoms with E-state index in [1.165, 1.54) is 17.3 Å². The number of nitrogens with zero attached hydrogens (tertiary/aromatic N) is 7. The molecule has 0 fully saturated rings. The smallest absolute Gasteiger partial charge is 0.255 e. The highest BCUT2D eigenvalue weighted by molar-refractivity contribution is 6.31. The maximum absolute atomic E-state index is 6.17. The first-order chi connectivity index (χ1) is 8.81. The van der Waals surface area contributed by atoms with Crippen LogP contribution in [-0.4, -0.2) is 40.9 Å². The predicted molar refractivity (Wildman–Crippen MR) is 64.9 cm³/mol. The monoisotopic (exact) mass is 264 g/mol. The second kappa shape index (κ2) is 4.22. The van der Waals surface area contributed by atoms with E-state index >= 15 is 0 Å². The lowest BCUT2D eigenvalue weighted by atomic mass is 10.4. The summed E-state index contributed by atoms with van der Waals surface area (Å²) < 4.78 is 3.11. The third kappa shape index (κ3) is 1.58. The van der Waals surface area contributed by atoms with Crippen LogP contribution in [0.5, 0.6) is 0 Å². The zero-order chi connectivity index (χ0) is 12.5. The van der Waals surface area contributed by atoms with E-state index in [9.17, 15) is 0 Å². The Kier molecular flexibility index (Phi) is 2.56. The van der Waals surface area contributed by atoms with Crippen molar-refractivity contribution in [3.63, 3.8) is 0 Å². The number of aromatic nitrogens is 7. The maximum Gasteiger partial charge on any atom is 0.255 e. The molecule has 0 amide bonds. The van der Waals surface area contributed by atoms with Crippen molar-refractivity contribution in [3.05, 3.63) is 24.1 Å². The molecule has 92 valence electrons. The lowest BCUT2D eigenvalue weighted by Crippen LogP contribution is -2.12. The zero-order valence-electron chi connectivity index (χ0n) is 9.45. The number of hydrogen-bond acceptors (Lipinski definition) is 6. The highest BCUT2D eigenvalue weighted by Gasteiger charge is 2.17. The quantitative estimate of drug-likeness (QED) is 0.704. The minimum atomic E-state index is 0.289. The Hall–Kier alpha value is -2.22. The van der Waals surface area contributed by atoms with E-state index in [1.807, 2.05) is 6.92 Å². The normalized spacial score (nSPS) is 11.0. The van der Waals surface area contributed by atoms with Gasteiger partial charge in [-0.3, -0.25) is 0 Å². The first-order valence-electron chi connectivity index (χ1n) is 5.29. The summed E-state index contributed by atoms with van der Waals surface area (Å²) in [6.07, 6.45) is 4.40. The van der Waals surface area contributed by atoms with Crippen LogP contribution in [-0.2, 0) is 0 Å². The largest absolute Gasteiger partial charge is 0.368 e. The van der Waals surface area contributed by atoms with E-state index in [2.05, 4.69) is 30.5 Å². The fraction of sp³-hybridized carbons (Fsp3) is 0.222. The molecule has 0 aliphatic heterocycles. The fourth-order valence-corrected chi connectivity index (χ4v) is 1.91. The van der Waals surface area contributed by atoms with Crippen LogP contribution in [0.25, 0.3) is 11.5 Å². The van der Waals surface area contributed by atoms with Gasteiger partial charge >= 0.3 is 0 Å². The molecular formula is C9H9ClN8. The molecule has 1 N–H and O–H groups in total. The molecule has 0 saturated carbocycles. The summed E-state index contributed by atoms with van der Waals surface area (Å²) in [7, 11) is 0. The highest BCUT2D eigenvalue weighted by atomic mass is 35.5. The summed E-state index contributed by atoms with van der Waals surface area (Å²) in [5.74, 6) is 1.11. The number of anilines is 1. The summed E-state index contributed by atoms with van der Waals surface area (Å²) >= 11 is 6.17. The Balaban J connectivity index is 2.34. The maximum atomic E-state index is 6.17. The van der Waals surface area contributed by atoms with Crippen LogP contribution >= 0.6 is 11.6 Å². The Morgan fingerprint density at radius 2 is 2.22 bits per heavy atom. The average molecular weight is 265 g/mol. The van der Waals surface area contributed by atoms with E-state index in [-0.39, 0.29) is 5.15 Å². The van der Waals surface area contributed by atoms with E-state index < -0.39 is 0 Å². The molecule has 3 heterocycles. The molecular weight excluding hydrogens is 256 g/mol. The summed E-state index contributed by atoms with van der Waals surface area (Å²) in [6, 6.07) is 0. The topological polar surface area (TPSA) is 85.8 Å². The zero-order valence-corrected chi connectivity index (χ0v) is 10.2. The van der Waals surface area contributed by atoms with Crippen molar-refractivity contribution in [1.29, 1.82) is 0 Å². The number of nitrogens with one attached hydrogen (secondary N) is 1. The summed E-state index contributed by atoms with van der Waals surface area (Å²) in [5.41, 5.74) is 0.592. The van der Waals surface area contributed by atoms with Crippen LogP contribution < -0.4 is 5.32 Å². The van der Waals surface area contributed by atoms with Crippen molar-refractivity contribution in [2.45, 2.75) is 6.92 Å². The second-order valence-electron chi connectivity index (χ2n) is 3.44. The van der Waals surface area contributed by atoms with Gasteiger partial charge in [0.05, 0.1) is 0 Å². The van der Waals surface area contributed by atoms with Gasteiger partial charge in [0.2, 0.25) is 0 Å². The van der Waals surface area contributed by atoms with Crippen LogP contribution in [0, 0.1) is 0 Å². The number of fused-ring (bicyclic) bond motifs is 1. The summed E-state index contributed by atoms with van der Waals surface area (Å²) in [6.45, 7) is 2.68. The lowest BCUT2D eigenvalue weighted by Gasteiger charge is -2.12. The average Bonchev–Trinajstić information content (AvgIpc) is 2.98. The lowest BCUT2D eigenvalue weighted by molar-refractivity contribution is 0.839. The first-order valence-corrected chi connectivity index (χ1v) is 5.67.